The van der Waals surface area contributed by atoms with Gasteiger partial charge in [-0.05, 0) is 50.0 Å². The third-order valence-electron chi connectivity index (χ3n) is 10.1. The minimum atomic E-state index is -0.102. The van der Waals surface area contributed by atoms with Crippen LogP contribution in [0, 0.1) is 0 Å². The van der Waals surface area contributed by atoms with Gasteiger partial charge in [0.15, 0.2) is 12.0 Å². The molecule has 51 heavy (non-hydrogen) atoms. The maximum Gasteiger partial charge on any atom is 0.220 e. The number of amides is 1. The molecule has 8 heteroatoms. The molecule has 8 nitrogen and oxygen atoms in total. The fraction of sp³-hybridized carbons (Fsp3) is 0.302. The molecule has 2 aliphatic rings. The number of nitrogens with zero attached hydrogens (tertiary/aromatic N) is 6. The number of para-hydroxylation sites is 2. The first-order chi connectivity index (χ1) is 24.7. The molecule has 0 unspecified atom stereocenters. The van der Waals surface area contributed by atoms with Gasteiger partial charge in [-0.25, -0.2) is 0 Å². The third-order valence-corrected chi connectivity index (χ3v) is 10.1. The molecule has 0 saturated heterocycles. The first kappa shape index (κ1) is 35.3. The number of rotatable bonds is 13. The van der Waals surface area contributed by atoms with E-state index in [1.807, 2.05) is 24.3 Å². The first-order valence-electron chi connectivity index (χ1n) is 17.8. The molecule has 3 aromatic carbocycles. The van der Waals surface area contributed by atoms with Gasteiger partial charge in [-0.2, -0.15) is 4.58 Å². The second-order valence-corrected chi connectivity index (χ2v) is 14.2. The van der Waals surface area contributed by atoms with Crippen LogP contribution in [0.5, 0.6) is 0 Å². The van der Waals surface area contributed by atoms with Gasteiger partial charge in [-0.3, -0.25) is 4.79 Å². The molecular formula is C43H48N7O+. The lowest BCUT2D eigenvalue weighted by molar-refractivity contribution is -0.401. The van der Waals surface area contributed by atoms with Crippen LogP contribution in [-0.2, 0) is 22.2 Å². The van der Waals surface area contributed by atoms with Crippen molar-refractivity contribution < 1.29 is 9.37 Å². The van der Waals surface area contributed by atoms with Crippen LogP contribution in [0.4, 0.5) is 11.4 Å². The number of anilines is 1. The number of fused-ring (bicyclic) bond motifs is 2. The van der Waals surface area contributed by atoms with Crippen LogP contribution in [0.2, 0.25) is 0 Å². The summed E-state index contributed by atoms with van der Waals surface area (Å²) < 4.78 is 2.30. The molecule has 2 aliphatic heterocycles. The number of nitrogens with one attached hydrogen (secondary N) is 1. The topological polar surface area (TPSA) is 86.9 Å². The summed E-state index contributed by atoms with van der Waals surface area (Å²) in [5.74, 6) is 0.551. The molecule has 1 amide bonds. The van der Waals surface area contributed by atoms with Crippen molar-refractivity contribution in [2.24, 2.45) is 0 Å². The third kappa shape index (κ3) is 7.80. The zero-order valence-electron chi connectivity index (χ0n) is 30.4. The number of aromatic nitrogens is 4. The Hall–Kier alpha value is -5.50. The highest BCUT2D eigenvalue weighted by molar-refractivity contribution is 6.03. The predicted molar refractivity (Wildman–Crippen MR) is 206 cm³/mol. The molecule has 0 fully saturated rings. The summed E-state index contributed by atoms with van der Waals surface area (Å²) in [6, 6.07) is 25.1. The first-order valence-corrected chi connectivity index (χ1v) is 17.8. The van der Waals surface area contributed by atoms with Gasteiger partial charge in [-0.1, -0.05) is 111 Å². The molecule has 6 rings (SSSR count). The molecule has 4 aromatic rings. The average molecular weight is 679 g/mol. The van der Waals surface area contributed by atoms with Gasteiger partial charge in [0.1, 0.15) is 7.05 Å². The number of carbonyl (C=O) groups excluding carboxylic acids is 1. The van der Waals surface area contributed by atoms with Crippen molar-refractivity contribution in [1.29, 1.82) is 0 Å². The quantitative estimate of drug-likeness (QED) is 0.0873. The van der Waals surface area contributed by atoms with Crippen molar-refractivity contribution in [1.82, 2.24) is 25.7 Å². The van der Waals surface area contributed by atoms with E-state index in [1.165, 1.54) is 40.2 Å². The molecule has 3 heterocycles. The van der Waals surface area contributed by atoms with E-state index in [0.717, 1.165) is 36.9 Å². The second kappa shape index (κ2) is 15.6. The minimum Gasteiger partial charge on any atom is -0.352 e. The van der Waals surface area contributed by atoms with Crippen molar-refractivity contribution in [2.45, 2.75) is 70.8 Å². The number of carbonyl (C=O) groups is 1. The van der Waals surface area contributed by atoms with Crippen LogP contribution >= 0.6 is 0 Å². The number of unbranched alkanes of at least 4 members (excludes halogenated alkanes) is 2. The van der Waals surface area contributed by atoms with Crippen molar-refractivity contribution >= 4 is 23.0 Å². The van der Waals surface area contributed by atoms with Crippen molar-refractivity contribution in [3.05, 3.63) is 144 Å². The van der Waals surface area contributed by atoms with Crippen molar-refractivity contribution in [2.75, 3.05) is 18.5 Å². The fourth-order valence-electron chi connectivity index (χ4n) is 7.28. The molecule has 0 atom stereocenters. The average Bonchev–Trinajstić information content (AvgIpc) is 3.48. The normalized spacial score (nSPS) is 16.9. The smallest absolute Gasteiger partial charge is 0.220 e. The molecular weight excluding hydrogens is 631 g/mol. The summed E-state index contributed by atoms with van der Waals surface area (Å²) in [5, 5.41) is 18.6. The minimum absolute atomic E-state index is 0.0285. The Morgan fingerprint density at radius 1 is 0.784 bits per heavy atom. The number of allylic oxidation sites excluding steroid dienone is 8. The highest BCUT2D eigenvalue weighted by atomic mass is 16.1. The summed E-state index contributed by atoms with van der Waals surface area (Å²) >= 11 is 0. The van der Waals surface area contributed by atoms with E-state index in [9.17, 15) is 4.79 Å². The Morgan fingerprint density at radius 3 is 2.24 bits per heavy atom. The Kier molecular flexibility index (Phi) is 10.8. The molecule has 0 saturated carbocycles. The Labute approximate surface area is 302 Å². The zero-order valence-corrected chi connectivity index (χ0v) is 30.4. The summed E-state index contributed by atoms with van der Waals surface area (Å²) in [7, 11) is 2.15. The van der Waals surface area contributed by atoms with Gasteiger partial charge in [-0.15, -0.1) is 20.4 Å². The summed E-state index contributed by atoms with van der Waals surface area (Å²) in [6.07, 6.45) is 19.7. The van der Waals surface area contributed by atoms with E-state index in [2.05, 4.69) is 161 Å². The lowest BCUT2D eigenvalue weighted by Gasteiger charge is -2.27. The van der Waals surface area contributed by atoms with Crippen molar-refractivity contribution in [3.63, 3.8) is 0 Å². The lowest BCUT2D eigenvalue weighted by Crippen LogP contribution is -2.27. The molecule has 0 aliphatic carbocycles. The van der Waals surface area contributed by atoms with Crippen LogP contribution in [0.15, 0.2) is 127 Å². The van der Waals surface area contributed by atoms with E-state index < -0.39 is 0 Å². The summed E-state index contributed by atoms with van der Waals surface area (Å²) in [4.78, 5) is 15.1. The number of benzene rings is 3. The lowest BCUT2D eigenvalue weighted by atomic mass is 9.81. The standard InChI is InChI=1S/C43H47N7O/c1-42(2)34-18-13-15-20-36(34)49(5)38(42)22-10-7-6-8-11-23-39-43(3,4)35-19-14-16-21-37(35)50(39)29-17-9-12-24-40(51)44-30-32-25-27-33(28-26-32)41-47-45-31-46-48-41/h6-8,10-11,13-16,18-23,25-28,31H,9,12,17,24,29-30H2,1-5H3/p+1. The number of hydrogen-bond donors (Lipinski definition) is 1. The van der Waals surface area contributed by atoms with Gasteiger partial charge < -0.3 is 10.2 Å². The molecule has 0 bridgehead atoms. The van der Waals surface area contributed by atoms with Crippen molar-refractivity contribution in [3.8, 4) is 11.4 Å². The van der Waals surface area contributed by atoms with E-state index in [0.29, 0.717) is 18.8 Å². The predicted octanol–water partition coefficient (Wildman–Crippen LogP) is 8.17. The second-order valence-electron chi connectivity index (χ2n) is 14.2. The molecule has 260 valence electrons. The van der Waals surface area contributed by atoms with E-state index >= 15 is 0 Å². The maximum atomic E-state index is 12.6. The van der Waals surface area contributed by atoms with Gasteiger partial charge in [0.05, 0.1) is 5.41 Å². The molecule has 0 spiro atoms. The van der Waals surface area contributed by atoms with E-state index in [4.69, 9.17) is 0 Å². The fourth-order valence-corrected chi connectivity index (χ4v) is 7.28. The van der Waals surface area contributed by atoms with Crippen LogP contribution in [0.25, 0.3) is 11.4 Å². The Balaban J connectivity index is 0.997. The highest BCUT2D eigenvalue weighted by Gasteiger charge is 2.42. The highest BCUT2D eigenvalue weighted by Crippen LogP contribution is 2.47. The summed E-state index contributed by atoms with van der Waals surface area (Å²) in [5.41, 5.74) is 9.58. The molecule has 1 N–H and O–H groups in total. The van der Waals surface area contributed by atoms with Gasteiger partial charge >= 0.3 is 0 Å². The van der Waals surface area contributed by atoms with Crippen LogP contribution in [-0.4, -0.2) is 50.2 Å². The monoisotopic (exact) mass is 678 g/mol. The number of hydrogen-bond acceptors (Lipinski definition) is 6. The van der Waals surface area contributed by atoms with E-state index in [-0.39, 0.29) is 16.7 Å². The van der Waals surface area contributed by atoms with Crippen LogP contribution < -0.4 is 10.2 Å². The maximum absolute atomic E-state index is 12.6. The molecule has 0 radical (unpaired) electrons. The SMILES string of the molecule is C[N+]1=C(C=CC=CC=CC=C2N(CCCCCC(=O)NCc3ccc(-c4nncnn4)cc3)c3ccccc3C2(C)C)C(C)(C)c2ccccc21. The van der Waals surface area contributed by atoms with E-state index in [1.54, 1.807) is 0 Å². The van der Waals surface area contributed by atoms with Crippen LogP contribution in [0.1, 0.15) is 70.1 Å². The largest absolute Gasteiger partial charge is 0.352 e. The Morgan fingerprint density at radius 2 is 1.47 bits per heavy atom. The van der Waals surface area contributed by atoms with Gasteiger partial charge in [0.2, 0.25) is 17.4 Å². The summed E-state index contributed by atoms with van der Waals surface area (Å²) in [6.45, 7) is 10.6. The van der Waals surface area contributed by atoms with Gasteiger partial charge in [0, 0.05) is 59.6 Å². The molecule has 1 aromatic heterocycles. The van der Waals surface area contributed by atoms with Gasteiger partial charge in [0.25, 0.3) is 0 Å². The zero-order chi connectivity index (χ0) is 35.8. The Bertz CT molecular complexity index is 2000. The van der Waals surface area contributed by atoms with Crippen LogP contribution in [0.3, 0.4) is 0 Å².